The number of rotatable bonds is 5. The van der Waals surface area contributed by atoms with Gasteiger partial charge >= 0.3 is 0 Å². The van der Waals surface area contributed by atoms with Crippen LogP contribution in [-0.2, 0) is 4.79 Å². The predicted molar refractivity (Wildman–Crippen MR) is 81.6 cm³/mol. The maximum Gasteiger partial charge on any atom is 0.280 e. The lowest BCUT2D eigenvalue weighted by molar-refractivity contribution is -0.127. The number of hydrogen-bond donors (Lipinski definition) is 1. The first-order valence-corrected chi connectivity index (χ1v) is 7.19. The number of hydrazone groups is 1. The van der Waals surface area contributed by atoms with Gasteiger partial charge in [0, 0.05) is 9.90 Å². The molecule has 0 aliphatic carbocycles. The van der Waals surface area contributed by atoms with E-state index in [9.17, 15) is 4.79 Å². The summed E-state index contributed by atoms with van der Waals surface area (Å²) in [5.41, 5.74) is 2.44. The fraction of sp³-hybridized carbons (Fsp3) is 0.143. The maximum atomic E-state index is 11.8. The number of nitrogens with zero attached hydrogens (tertiary/aromatic N) is 1. The standard InChI is InChI=1S/C14H13ClN2O2S/c1-10(19-12-6-4-11(15)5-7-12)14(18)17-16-9-13-3-2-8-20-13/h2-10H,1H3,(H,17,18)/b16-9+. The Bertz CT molecular complexity index is 582. The number of hydrogen-bond acceptors (Lipinski definition) is 4. The third-order valence-corrected chi connectivity index (χ3v) is 3.46. The van der Waals surface area contributed by atoms with Crippen molar-refractivity contribution in [3.63, 3.8) is 0 Å². The lowest BCUT2D eigenvalue weighted by Gasteiger charge is -2.12. The van der Waals surface area contributed by atoms with Crippen molar-refractivity contribution >= 4 is 35.1 Å². The molecule has 0 aliphatic heterocycles. The Morgan fingerprint density at radius 3 is 2.80 bits per heavy atom. The van der Waals surface area contributed by atoms with Gasteiger partial charge in [-0.05, 0) is 42.6 Å². The molecule has 4 nitrogen and oxygen atoms in total. The molecule has 1 amide bonds. The monoisotopic (exact) mass is 308 g/mol. The van der Waals surface area contributed by atoms with E-state index < -0.39 is 6.10 Å². The number of amides is 1. The van der Waals surface area contributed by atoms with Gasteiger partial charge in [-0.15, -0.1) is 11.3 Å². The molecule has 2 rings (SSSR count). The average molecular weight is 309 g/mol. The summed E-state index contributed by atoms with van der Waals surface area (Å²) in [6.07, 6.45) is 0.953. The van der Waals surface area contributed by atoms with Crippen LogP contribution in [0.5, 0.6) is 5.75 Å². The first-order valence-electron chi connectivity index (χ1n) is 5.94. The van der Waals surface area contributed by atoms with Gasteiger partial charge in [0.2, 0.25) is 0 Å². The molecule has 0 radical (unpaired) electrons. The second kappa shape index (κ2) is 7.07. The van der Waals surface area contributed by atoms with Crippen molar-refractivity contribution in [1.82, 2.24) is 5.43 Å². The van der Waals surface area contributed by atoms with Crippen LogP contribution in [0.3, 0.4) is 0 Å². The maximum absolute atomic E-state index is 11.8. The molecule has 0 spiro atoms. The van der Waals surface area contributed by atoms with Gasteiger partial charge in [-0.1, -0.05) is 17.7 Å². The minimum atomic E-state index is -0.642. The Kier molecular flexibility index (Phi) is 5.15. The smallest absolute Gasteiger partial charge is 0.280 e. The van der Waals surface area contributed by atoms with Crippen LogP contribution >= 0.6 is 22.9 Å². The Hall–Kier alpha value is -1.85. The van der Waals surface area contributed by atoms with Gasteiger partial charge in [-0.25, -0.2) is 5.43 Å². The molecule has 1 unspecified atom stereocenters. The lowest BCUT2D eigenvalue weighted by atomic mass is 10.3. The second-order valence-electron chi connectivity index (χ2n) is 3.96. The van der Waals surface area contributed by atoms with Gasteiger partial charge in [-0.3, -0.25) is 4.79 Å². The van der Waals surface area contributed by atoms with Crippen molar-refractivity contribution in [3.8, 4) is 5.75 Å². The molecule has 0 saturated carbocycles. The Balaban J connectivity index is 1.84. The van der Waals surface area contributed by atoms with Crippen molar-refractivity contribution in [2.75, 3.05) is 0 Å². The first kappa shape index (κ1) is 14.6. The average Bonchev–Trinajstić information content (AvgIpc) is 2.94. The van der Waals surface area contributed by atoms with E-state index in [0.717, 1.165) is 4.88 Å². The summed E-state index contributed by atoms with van der Waals surface area (Å²) in [5.74, 6) is 0.270. The quantitative estimate of drug-likeness (QED) is 0.680. The lowest BCUT2D eigenvalue weighted by Crippen LogP contribution is -2.33. The highest BCUT2D eigenvalue weighted by Crippen LogP contribution is 2.16. The summed E-state index contributed by atoms with van der Waals surface area (Å²) >= 11 is 7.32. The molecule has 1 atom stereocenters. The zero-order valence-corrected chi connectivity index (χ0v) is 12.3. The molecule has 1 heterocycles. The van der Waals surface area contributed by atoms with Crippen LogP contribution < -0.4 is 10.2 Å². The second-order valence-corrected chi connectivity index (χ2v) is 5.38. The first-order chi connectivity index (χ1) is 9.65. The van der Waals surface area contributed by atoms with E-state index >= 15 is 0 Å². The predicted octanol–water partition coefficient (Wildman–Crippen LogP) is 3.32. The van der Waals surface area contributed by atoms with Crippen LogP contribution in [0.25, 0.3) is 0 Å². The molecule has 6 heteroatoms. The summed E-state index contributed by atoms with van der Waals surface area (Å²) < 4.78 is 5.48. The van der Waals surface area contributed by atoms with Gasteiger partial charge < -0.3 is 4.74 Å². The number of carbonyl (C=O) groups excluding carboxylic acids is 1. The zero-order chi connectivity index (χ0) is 14.4. The Morgan fingerprint density at radius 1 is 1.40 bits per heavy atom. The minimum Gasteiger partial charge on any atom is -0.481 e. The Labute approximate surface area is 126 Å². The van der Waals surface area contributed by atoms with E-state index in [1.165, 1.54) is 0 Å². The molecule has 1 N–H and O–H groups in total. The highest BCUT2D eigenvalue weighted by atomic mass is 35.5. The number of halogens is 1. The third kappa shape index (κ3) is 4.36. The van der Waals surface area contributed by atoms with Gasteiger partial charge in [0.15, 0.2) is 6.10 Å². The number of ether oxygens (including phenoxy) is 1. The van der Waals surface area contributed by atoms with Crippen molar-refractivity contribution in [2.24, 2.45) is 5.10 Å². The minimum absolute atomic E-state index is 0.312. The third-order valence-electron chi connectivity index (χ3n) is 2.41. The van der Waals surface area contributed by atoms with Gasteiger partial charge in [-0.2, -0.15) is 5.10 Å². The SMILES string of the molecule is CC(Oc1ccc(Cl)cc1)C(=O)N/N=C/c1cccs1. The van der Waals surface area contributed by atoms with Crippen LogP contribution in [0.2, 0.25) is 5.02 Å². The number of carbonyl (C=O) groups is 1. The van der Waals surface area contributed by atoms with E-state index in [2.05, 4.69) is 10.5 Å². The summed E-state index contributed by atoms with van der Waals surface area (Å²) in [7, 11) is 0. The van der Waals surface area contributed by atoms with Crippen LogP contribution in [0.1, 0.15) is 11.8 Å². The number of thiophene rings is 1. The molecule has 1 aromatic carbocycles. The topological polar surface area (TPSA) is 50.7 Å². The number of benzene rings is 1. The fourth-order valence-electron chi connectivity index (χ4n) is 1.39. The molecular formula is C14H13ClN2O2S. The van der Waals surface area contributed by atoms with Crippen molar-refractivity contribution in [1.29, 1.82) is 0 Å². The van der Waals surface area contributed by atoms with Crippen molar-refractivity contribution < 1.29 is 9.53 Å². The van der Waals surface area contributed by atoms with Crippen LogP contribution in [-0.4, -0.2) is 18.2 Å². The molecule has 0 aliphatic rings. The molecule has 1 aromatic heterocycles. The molecule has 0 bridgehead atoms. The molecule has 2 aromatic rings. The van der Waals surface area contributed by atoms with E-state index in [1.807, 2.05) is 17.5 Å². The van der Waals surface area contributed by atoms with Crippen molar-refractivity contribution in [3.05, 3.63) is 51.7 Å². The summed E-state index contributed by atoms with van der Waals surface area (Å²) in [6.45, 7) is 1.66. The van der Waals surface area contributed by atoms with E-state index in [1.54, 1.807) is 48.7 Å². The number of nitrogens with one attached hydrogen (secondary N) is 1. The van der Waals surface area contributed by atoms with Gasteiger partial charge in [0.05, 0.1) is 6.21 Å². The zero-order valence-electron chi connectivity index (χ0n) is 10.7. The normalized spacial score (nSPS) is 12.3. The van der Waals surface area contributed by atoms with E-state index in [4.69, 9.17) is 16.3 Å². The van der Waals surface area contributed by atoms with Crippen LogP contribution in [0.4, 0.5) is 0 Å². The van der Waals surface area contributed by atoms with Gasteiger partial charge in [0.25, 0.3) is 5.91 Å². The molecular weight excluding hydrogens is 296 g/mol. The summed E-state index contributed by atoms with van der Waals surface area (Å²) in [4.78, 5) is 12.7. The van der Waals surface area contributed by atoms with E-state index in [0.29, 0.717) is 10.8 Å². The highest BCUT2D eigenvalue weighted by molar-refractivity contribution is 7.11. The molecule has 20 heavy (non-hydrogen) atoms. The fourth-order valence-corrected chi connectivity index (χ4v) is 2.10. The summed E-state index contributed by atoms with van der Waals surface area (Å²) in [5, 5.41) is 6.44. The summed E-state index contributed by atoms with van der Waals surface area (Å²) in [6, 6.07) is 10.7. The van der Waals surface area contributed by atoms with Crippen LogP contribution in [0, 0.1) is 0 Å². The van der Waals surface area contributed by atoms with Gasteiger partial charge in [0.1, 0.15) is 5.75 Å². The highest BCUT2D eigenvalue weighted by Gasteiger charge is 2.13. The van der Waals surface area contributed by atoms with E-state index in [-0.39, 0.29) is 5.91 Å². The Morgan fingerprint density at radius 2 is 2.15 bits per heavy atom. The molecule has 0 saturated heterocycles. The molecule has 104 valence electrons. The molecule has 0 fully saturated rings. The van der Waals surface area contributed by atoms with Crippen molar-refractivity contribution in [2.45, 2.75) is 13.0 Å². The largest absolute Gasteiger partial charge is 0.481 e. The van der Waals surface area contributed by atoms with Crippen LogP contribution in [0.15, 0.2) is 46.9 Å².